The summed E-state index contributed by atoms with van der Waals surface area (Å²) in [4.78, 5) is 25.3. The Hall–Kier alpha value is -3.10. The first kappa shape index (κ1) is 38.4. The van der Waals surface area contributed by atoms with Gasteiger partial charge in [-0.15, -0.1) is 0 Å². The summed E-state index contributed by atoms with van der Waals surface area (Å²) in [6.07, 6.45) is 13.0. The number of hydrogen-bond acceptors (Lipinski definition) is 6. The van der Waals surface area contributed by atoms with Crippen molar-refractivity contribution in [2.45, 2.75) is 14.4 Å². The molecule has 0 amide bonds. The first-order valence-electron chi connectivity index (χ1n) is 10.9. The zero-order valence-corrected chi connectivity index (χ0v) is 24.0. The third kappa shape index (κ3) is 17.9. The number of rotatable bonds is 9. The number of nitrogens with zero attached hydrogens (tertiary/aromatic N) is 2. The summed E-state index contributed by atoms with van der Waals surface area (Å²) in [7, 11) is 7.99. The van der Waals surface area contributed by atoms with Gasteiger partial charge in [0.25, 0.3) is 0 Å². The summed E-state index contributed by atoms with van der Waals surface area (Å²) in [5, 5.41) is 8.38. The fourth-order valence-corrected chi connectivity index (χ4v) is 2.56. The van der Waals surface area contributed by atoms with Gasteiger partial charge in [0.05, 0.1) is 6.61 Å². The van der Waals surface area contributed by atoms with E-state index in [1.54, 1.807) is 19.1 Å². The molecule has 0 fully saturated rings. The fourth-order valence-electron chi connectivity index (χ4n) is 2.56. The average Bonchev–Trinajstić information content (AvgIpc) is 2.81. The molecule has 0 aliphatic heterocycles. The number of allylic oxidation sites excluding steroid dienone is 4. The Morgan fingerprint density at radius 2 is 1.14 bits per heavy atom. The molecule has 0 unspecified atom stereocenters. The van der Waals surface area contributed by atoms with E-state index in [1.165, 1.54) is 12.2 Å². The van der Waals surface area contributed by atoms with Crippen LogP contribution < -0.4 is 39.4 Å². The Balaban J connectivity index is -0.000000581. The first-order chi connectivity index (χ1) is 16.2. The van der Waals surface area contributed by atoms with Gasteiger partial charge in [-0.3, -0.25) is 0 Å². The maximum atomic E-state index is 11.0. The van der Waals surface area contributed by atoms with Gasteiger partial charge in [-0.05, 0) is 42.3 Å². The summed E-state index contributed by atoms with van der Waals surface area (Å²) < 4.78 is 4.77. The molecule has 2 aromatic carbocycles. The molecule has 0 aliphatic rings. The summed E-state index contributed by atoms with van der Waals surface area (Å²) in [6.45, 7) is 2.19. The molecule has 2 rings (SSSR count). The van der Waals surface area contributed by atoms with E-state index in [4.69, 9.17) is 9.84 Å². The summed E-state index contributed by atoms with van der Waals surface area (Å²) in [6, 6.07) is 16.2. The van der Waals surface area contributed by atoms with Crippen LogP contribution >= 0.6 is 0 Å². The van der Waals surface area contributed by atoms with Crippen molar-refractivity contribution >= 4 is 35.5 Å². The van der Waals surface area contributed by atoms with Crippen LogP contribution in [0.1, 0.15) is 25.5 Å². The minimum Gasteiger partial charge on any atom is -0.870 e. The van der Waals surface area contributed by atoms with Crippen molar-refractivity contribution in [3.63, 3.8) is 0 Å². The molecule has 196 valence electrons. The Morgan fingerprint density at radius 1 is 0.757 bits per heavy atom. The van der Waals surface area contributed by atoms with Crippen LogP contribution in [-0.2, 0) is 14.3 Å². The van der Waals surface area contributed by atoms with Crippen LogP contribution in [0, 0.1) is 0 Å². The van der Waals surface area contributed by atoms with Crippen molar-refractivity contribution in [1.82, 2.24) is 0 Å². The van der Waals surface area contributed by atoms with Crippen LogP contribution in [0.15, 0.2) is 85.0 Å². The standard InChI is InChI=1S/C15H19NO2.C13H15NO2.CH4.Na.H2O/c1-4-18-15(17)8-6-5-7-13-9-11-14(12-10-13)16(2)3;1-14(2)12-9-7-11(8-10-12)5-3-4-6-13(15)16;;;/h5-12H,4H2,1-3H3;3-10H,1-2H3,(H,15,16);1H4;;1H2/q;;;+1;/p-1/b7-5+,8-6+;5-3+,6-4+;;;. The van der Waals surface area contributed by atoms with Crippen molar-refractivity contribution in [1.29, 1.82) is 0 Å². The molecule has 0 aromatic heterocycles. The van der Waals surface area contributed by atoms with E-state index >= 15 is 0 Å². The van der Waals surface area contributed by atoms with Crippen LogP contribution in [0.3, 0.4) is 0 Å². The molecule has 7 nitrogen and oxygen atoms in total. The molecule has 0 radical (unpaired) electrons. The number of carbonyl (C=O) groups is 2. The van der Waals surface area contributed by atoms with E-state index in [2.05, 4.69) is 12.1 Å². The Bertz CT molecular complexity index is 1010. The third-order valence-corrected chi connectivity index (χ3v) is 4.38. The Kier molecular flexibility index (Phi) is 23.0. The van der Waals surface area contributed by atoms with Gasteiger partial charge in [0.15, 0.2) is 0 Å². The number of anilines is 2. The quantitative estimate of drug-likeness (QED) is 0.236. The van der Waals surface area contributed by atoms with Crippen molar-refractivity contribution in [2.24, 2.45) is 0 Å². The van der Waals surface area contributed by atoms with Gasteiger partial charge in [-0.25, -0.2) is 9.59 Å². The molecule has 0 saturated heterocycles. The molecule has 0 aliphatic carbocycles. The summed E-state index contributed by atoms with van der Waals surface area (Å²) >= 11 is 0. The second kappa shape index (κ2) is 22.1. The van der Waals surface area contributed by atoms with Gasteiger partial charge in [0.1, 0.15) is 0 Å². The van der Waals surface area contributed by atoms with E-state index in [0.29, 0.717) is 6.61 Å². The molecular formula is C29H39N2NaO5. The molecular weight excluding hydrogens is 479 g/mol. The second-order valence-corrected chi connectivity index (χ2v) is 7.50. The molecule has 2 aromatic rings. The molecule has 0 heterocycles. The van der Waals surface area contributed by atoms with Crippen LogP contribution in [0.4, 0.5) is 11.4 Å². The normalized spacial score (nSPS) is 10.2. The molecule has 0 bridgehead atoms. The second-order valence-electron chi connectivity index (χ2n) is 7.50. The van der Waals surface area contributed by atoms with Gasteiger partial charge in [-0.1, -0.05) is 68.1 Å². The van der Waals surface area contributed by atoms with E-state index in [0.717, 1.165) is 28.6 Å². The first-order valence-corrected chi connectivity index (χ1v) is 10.9. The summed E-state index contributed by atoms with van der Waals surface area (Å²) in [5.41, 5.74) is 4.43. The number of carboxylic acid groups (broad SMARTS) is 1. The Morgan fingerprint density at radius 3 is 1.46 bits per heavy atom. The van der Waals surface area contributed by atoms with Crippen LogP contribution in [-0.4, -0.2) is 57.3 Å². The van der Waals surface area contributed by atoms with Crippen molar-refractivity contribution in [3.8, 4) is 0 Å². The number of ether oxygens (including phenoxy) is 1. The molecule has 0 atom stereocenters. The number of hydrogen-bond donors (Lipinski definition) is 1. The number of benzene rings is 2. The Labute approximate surface area is 244 Å². The largest absolute Gasteiger partial charge is 1.00 e. The third-order valence-electron chi connectivity index (χ3n) is 4.38. The smallest absolute Gasteiger partial charge is 0.870 e. The predicted molar refractivity (Wildman–Crippen MR) is 151 cm³/mol. The van der Waals surface area contributed by atoms with Gasteiger partial charge >= 0.3 is 41.5 Å². The number of carboxylic acids is 1. The fraction of sp³-hybridized carbons (Fsp3) is 0.241. The van der Waals surface area contributed by atoms with Crippen molar-refractivity contribution in [2.75, 3.05) is 44.6 Å². The predicted octanol–water partition coefficient (Wildman–Crippen LogP) is 2.75. The van der Waals surface area contributed by atoms with E-state index in [1.807, 2.05) is 92.6 Å². The van der Waals surface area contributed by atoms with Gasteiger partial charge in [0, 0.05) is 51.7 Å². The minimum atomic E-state index is -0.937. The maximum Gasteiger partial charge on any atom is 1.00 e. The number of carbonyl (C=O) groups excluding carboxylic acids is 1. The zero-order chi connectivity index (χ0) is 25.3. The molecule has 2 N–H and O–H groups in total. The molecule has 37 heavy (non-hydrogen) atoms. The van der Waals surface area contributed by atoms with E-state index < -0.39 is 5.97 Å². The molecule has 0 saturated carbocycles. The molecule has 0 spiro atoms. The monoisotopic (exact) mass is 518 g/mol. The van der Waals surface area contributed by atoms with Gasteiger partial charge in [-0.2, -0.15) is 0 Å². The van der Waals surface area contributed by atoms with Crippen molar-refractivity contribution < 1.29 is 54.5 Å². The molecule has 8 heteroatoms. The van der Waals surface area contributed by atoms with Crippen molar-refractivity contribution in [3.05, 3.63) is 96.1 Å². The topological polar surface area (TPSA) is 100 Å². The van der Waals surface area contributed by atoms with Crippen LogP contribution in [0.2, 0.25) is 0 Å². The number of esters is 1. The summed E-state index contributed by atoms with van der Waals surface area (Å²) in [5.74, 6) is -1.25. The zero-order valence-electron chi connectivity index (χ0n) is 22.0. The number of aliphatic carboxylic acids is 1. The minimum absolute atomic E-state index is 0. The SMILES string of the molecule is C.CCOC(=O)/C=C/C=C/c1ccc(N(C)C)cc1.CN(C)c1ccc(/C=C/C=C/C(=O)O)cc1.[Na+].[OH-]. The van der Waals surface area contributed by atoms with Crippen LogP contribution in [0.25, 0.3) is 12.2 Å². The average molecular weight is 519 g/mol. The van der Waals surface area contributed by atoms with E-state index in [9.17, 15) is 9.59 Å². The maximum absolute atomic E-state index is 11.0. The van der Waals surface area contributed by atoms with Gasteiger partial charge < -0.3 is 25.1 Å². The van der Waals surface area contributed by atoms with Crippen LogP contribution in [0.5, 0.6) is 0 Å². The van der Waals surface area contributed by atoms with Gasteiger partial charge in [0.2, 0.25) is 0 Å². The van der Waals surface area contributed by atoms with E-state index in [-0.39, 0.29) is 48.4 Å².